The summed E-state index contributed by atoms with van der Waals surface area (Å²) in [7, 11) is -3.61. The number of nitrogens with zero attached hydrogens (tertiary/aromatic N) is 1. The normalized spacial score (nSPS) is 13.1. The van der Waals surface area contributed by atoms with Crippen molar-refractivity contribution >= 4 is 41.9 Å². The molecule has 1 unspecified atom stereocenters. The van der Waals surface area contributed by atoms with Crippen molar-refractivity contribution < 1.29 is 8.42 Å². The summed E-state index contributed by atoms with van der Waals surface area (Å²) < 4.78 is 27.6. The van der Waals surface area contributed by atoms with Crippen LogP contribution in [0.4, 0.5) is 0 Å². The molecule has 0 fully saturated rings. The molecule has 7 heteroatoms. The van der Waals surface area contributed by atoms with Crippen molar-refractivity contribution in [3.05, 3.63) is 27.1 Å². The van der Waals surface area contributed by atoms with Gasteiger partial charge in [-0.3, -0.25) is 0 Å². The van der Waals surface area contributed by atoms with Crippen molar-refractivity contribution in [1.29, 1.82) is 5.26 Å². The van der Waals surface area contributed by atoms with Crippen LogP contribution in [-0.4, -0.2) is 14.5 Å². The second-order valence-corrected chi connectivity index (χ2v) is 6.91. The van der Waals surface area contributed by atoms with Gasteiger partial charge in [-0.15, -0.1) is 0 Å². The Labute approximate surface area is 117 Å². The van der Waals surface area contributed by atoms with E-state index in [1.54, 1.807) is 19.1 Å². The molecular formula is C10H10Br2N2O2S. The lowest BCUT2D eigenvalue weighted by atomic mass is 10.3. The summed E-state index contributed by atoms with van der Waals surface area (Å²) in [6.07, 6.45) is 0.130. The van der Waals surface area contributed by atoms with Crippen LogP contribution in [0.3, 0.4) is 0 Å². The summed E-state index contributed by atoms with van der Waals surface area (Å²) in [4.78, 5) is 0.150. The minimum absolute atomic E-state index is 0.130. The van der Waals surface area contributed by atoms with Crippen LogP contribution in [0.2, 0.25) is 0 Å². The molecule has 0 radical (unpaired) electrons. The van der Waals surface area contributed by atoms with Crippen LogP contribution in [0.15, 0.2) is 32.0 Å². The SMILES string of the molecule is CC(CC#N)NS(=O)(=O)c1cc(Br)ccc1Br. The van der Waals surface area contributed by atoms with Crippen LogP contribution >= 0.6 is 31.9 Å². The molecule has 92 valence electrons. The molecule has 0 saturated carbocycles. The van der Waals surface area contributed by atoms with Gasteiger partial charge >= 0.3 is 0 Å². The van der Waals surface area contributed by atoms with Gasteiger partial charge in [-0.05, 0) is 41.1 Å². The Morgan fingerprint density at radius 2 is 2.12 bits per heavy atom. The molecule has 1 aromatic carbocycles. The number of benzene rings is 1. The molecule has 1 N–H and O–H groups in total. The lowest BCUT2D eigenvalue weighted by Gasteiger charge is -2.12. The molecule has 0 aliphatic carbocycles. The van der Waals surface area contributed by atoms with Gasteiger partial charge in [0.05, 0.1) is 17.4 Å². The molecule has 1 rings (SSSR count). The van der Waals surface area contributed by atoms with E-state index in [9.17, 15) is 8.42 Å². The van der Waals surface area contributed by atoms with Gasteiger partial charge in [0.15, 0.2) is 0 Å². The van der Waals surface area contributed by atoms with Gasteiger partial charge < -0.3 is 0 Å². The molecule has 1 aromatic rings. The Balaban J connectivity index is 3.06. The molecule has 4 nitrogen and oxygen atoms in total. The standard InChI is InChI=1S/C10H10Br2N2O2S/c1-7(4-5-13)14-17(15,16)10-6-8(11)2-3-9(10)12/h2-3,6-7,14H,4H2,1H3. The van der Waals surface area contributed by atoms with Crippen molar-refractivity contribution in [3.8, 4) is 6.07 Å². The summed E-state index contributed by atoms with van der Waals surface area (Å²) in [6.45, 7) is 1.65. The van der Waals surface area contributed by atoms with Gasteiger partial charge in [-0.25, -0.2) is 13.1 Å². The van der Waals surface area contributed by atoms with E-state index < -0.39 is 16.1 Å². The smallest absolute Gasteiger partial charge is 0.207 e. The number of rotatable bonds is 4. The van der Waals surface area contributed by atoms with E-state index in [0.717, 1.165) is 0 Å². The van der Waals surface area contributed by atoms with Crippen molar-refractivity contribution in [2.24, 2.45) is 0 Å². The number of sulfonamides is 1. The lowest BCUT2D eigenvalue weighted by molar-refractivity contribution is 0.562. The van der Waals surface area contributed by atoms with E-state index in [2.05, 4.69) is 36.6 Å². The molecule has 0 heterocycles. The molecule has 0 aliphatic rings. The number of hydrogen-bond donors (Lipinski definition) is 1. The maximum absolute atomic E-state index is 12.0. The third kappa shape index (κ3) is 4.07. The largest absolute Gasteiger partial charge is 0.242 e. The van der Waals surface area contributed by atoms with Crippen LogP contribution in [0.1, 0.15) is 13.3 Å². The summed E-state index contributed by atoms with van der Waals surface area (Å²) >= 11 is 6.41. The highest BCUT2D eigenvalue weighted by molar-refractivity contribution is 9.11. The Morgan fingerprint density at radius 1 is 1.47 bits per heavy atom. The van der Waals surface area contributed by atoms with Crippen LogP contribution < -0.4 is 4.72 Å². The predicted octanol–water partition coefficient (Wildman–Crippen LogP) is 2.79. The van der Waals surface area contributed by atoms with Crippen LogP contribution in [-0.2, 0) is 10.0 Å². The first kappa shape index (κ1) is 14.6. The van der Waals surface area contributed by atoms with Crippen LogP contribution in [0.25, 0.3) is 0 Å². The van der Waals surface area contributed by atoms with E-state index in [-0.39, 0.29) is 11.3 Å². The first-order chi connectivity index (χ1) is 7.86. The predicted molar refractivity (Wildman–Crippen MR) is 71.9 cm³/mol. The first-order valence-electron chi connectivity index (χ1n) is 4.71. The fourth-order valence-electron chi connectivity index (χ4n) is 1.19. The molecule has 0 aliphatic heterocycles. The third-order valence-electron chi connectivity index (χ3n) is 1.94. The maximum Gasteiger partial charge on any atom is 0.242 e. The number of halogens is 2. The van der Waals surface area contributed by atoms with Gasteiger partial charge in [0.2, 0.25) is 10.0 Å². The molecule has 1 atom stereocenters. The Morgan fingerprint density at radius 3 is 2.71 bits per heavy atom. The van der Waals surface area contributed by atoms with Crippen LogP contribution in [0.5, 0.6) is 0 Å². The Kier molecular flexibility index (Phi) is 5.13. The van der Waals surface area contributed by atoms with Crippen LogP contribution in [0, 0.1) is 11.3 Å². The molecule has 17 heavy (non-hydrogen) atoms. The van der Waals surface area contributed by atoms with Crippen molar-refractivity contribution in [3.63, 3.8) is 0 Å². The van der Waals surface area contributed by atoms with Crippen molar-refractivity contribution in [2.75, 3.05) is 0 Å². The third-order valence-corrected chi connectivity index (χ3v) is 5.01. The molecule has 0 amide bonds. The van der Waals surface area contributed by atoms with E-state index in [1.807, 2.05) is 6.07 Å². The van der Waals surface area contributed by atoms with Crippen molar-refractivity contribution in [1.82, 2.24) is 4.72 Å². The topological polar surface area (TPSA) is 70.0 Å². The maximum atomic E-state index is 12.0. The zero-order valence-electron chi connectivity index (χ0n) is 8.94. The molecular weight excluding hydrogens is 372 g/mol. The second kappa shape index (κ2) is 5.96. The Hall–Kier alpha value is -0.420. The highest BCUT2D eigenvalue weighted by Gasteiger charge is 2.20. The fraction of sp³-hybridized carbons (Fsp3) is 0.300. The number of nitriles is 1. The van der Waals surface area contributed by atoms with E-state index in [4.69, 9.17) is 5.26 Å². The summed E-state index contributed by atoms with van der Waals surface area (Å²) in [6, 6.07) is 6.39. The first-order valence-corrected chi connectivity index (χ1v) is 7.78. The highest BCUT2D eigenvalue weighted by atomic mass is 79.9. The van der Waals surface area contributed by atoms with E-state index in [0.29, 0.717) is 8.95 Å². The summed E-state index contributed by atoms with van der Waals surface area (Å²) in [5, 5.41) is 8.50. The van der Waals surface area contributed by atoms with Gasteiger partial charge in [0.25, 0.3) is 0 Å². The van der Waals surface area contributed by atoms with Gasteiger partial charge in [0.1, 0.15) is 0 Å². The number of nitrogens with one attached hydrogen (secondary N) is 1. The van der Waals surface area contributed by atoms with Gasteiger partial charge in [-0.1, -0.05) is 15.9 Å². The second-order valence-electron chi connectivity index (χ2n) is 3.46. The van der Waals surface area contributed by atoms with Gasteiger partial charge in [0, 0.05) is 15.0 Å². The zero-order chi connectivity index (χ0) is 13.1. The molecule has 0 bridgehead atoms. The average Bonchev–Trinajstić information content (AvgIpc) is 2.21. The summed E-state index contributed by atoms with van der Waals surface area (Å²) in [5.74, 6) is 0. The lowest BCUT2D eigenvalue weighted by Crippen LogP contribution is -2.32. The highest BCUT2D eigenvalue weighted by Crippen LogP contribution is 2.25. The zero-order valence-corrected chi connectivity index (χ0v) is 12.9. The average molecular weight is 382 g/mol. The molecule has 0 saturated heterocycles. The quantitative estimate of drug-likeness (QED) is 0.871. The van der Waals surface area contributed by atoms with E-state index >= 15 is 0 Å². The Bertz CT molecular complexity index is 552. The minimum atomic E-state index is -3.61. The van der Waals surface area contributed by atoms with Gasteiger partial charge in [-0.2, -0.15) is 5.26 Å². The van der Waals surface area contributed by atoms with E-state index in [1.165, 1.54) is 6.07 Å². The molecule has 0 spiro atoms. The molecule has 0 aromatic heterocycles. The monoisotopic (exact) mass is 380 g/mol. The summed E-state index contributed by atoms with van der Waals surface area (Å²) in [5.41, 5.74) is 0. The van der Waals surface area contributed by atoms with Crippen molar-refractivity contribution in [2.45, 2.75) is 24.3 Å². The fourth-order valence-corrected chi connectivity index (χ4v) is 3.94. The number of hydrogen-bond acceptors (Lipinski definition) is 3. The minimum Gasteiger partial charge on any atom is -0.207 e.